The van der Waals surface area contributed by atoms with E-state index < -0.39 is 0 Å². The summed E-state index contributed by atoms with van der Waals surface area (Å²) in [5.41, 5.74) is 2.19. The van der Waals surface area contributed by atoms with E-state index in [0.29, 0.717) is 6.61 Å². The number of thiophene rings is 1. The fourth-order valence-corrected chi connectivity index (χ4v) is 4.06. The van der Waals surface area contributed by atoms with E-state index in [9.17, 15) is 4.79 Å². The van der Waals surface area contributed by atoms with Crippen LogP contribution in [0.5, 0.6) is 0 Å². The van der Waals surface area contributed by atoms with Crippen LogP contribution in [0, 0.1) is 6.92 Å². The summed E-state index contributed by atoms with van der Waals surface area (Å²) in [4.78, 5) is 18.5. The minimum atomic E-state index is -0.201. The minimum Gasteiger partial charge on any atom is -0.465 e. The van der Waals surface area contributed by atoms with Gasteiger partial charge in [0.15, 0.2) is 0 Å². The summed E-state index contributed by atoms with van der Waals surface area (Å²) in [6.07, 6.45) is 4.16. The van der Waals surface area contributed by atoms with Crippen LogP contribution in [-0.2, 0) is 9.53 Å². The van der Waals surface area contributed by atoms with Crippen LogP contribution in [-0.4, -0.2) is 29.9 Å². The maximum absolute atomic E-state index is 11.6. The number of aryl methyl sites for hydroxylation is 1. The molecule has 1 aliphatic heterocycles. The maximum Gasteiger partial charge on any atom is 0.316 e. The average molecular weight is 320 g/mol. The van der Waals surface area contributed by atoms with Gasteiger partial charge in [-0.05, 0) is 19.9 Å². The van der Waals surface area contributed by atoms with Gasteiger partial charge in [-0.25, -0.2) is 4.98 Å². The molecule has 0 saturated heterocycles. The van der Waals surface area contributed by atoms with E-state index in [1.165, 1.54) is 16.6 Å². The Morgan fingerprint density at radius 1 is 1.57 bits per heavy atom. The third-order valence-corrected chi connectivity index (χ3v) is 5.03. The lowest BCUT2D eigenvalue weighted by Crippen LogP contribution is -2.09. The summed E-state index contributed by atoms with van der Waals surface area (Å²) in [7, 11) is 0. The Hall–Kier alpha value is -1.53. The van der Waals surface area contributed by atoms with Gasteiger partial charge >= 0.3 is 5.97 Å². The Labute approximate surface area is 131 Å². The molecule has 0 spiro atoms. The van der Waals surface area contributed by atoms with Crippen molar-refractivity contribution in [2.24, 2.45) is 0 Å². The Kier molecular flexibility index (Phi) is 4.17. The molecule has 6 heteroatoms. The van der Waals surface area contributed by atoms with Crippen molar-refractivity contribution in [1.82, 2.24) is 4.98 Å². The molecule has 21 heavy (non-hydrogen) atoms. The van der Waals surface area contributed by atoms with Gasteiger partial charge in [-0.2, -0.15) is 0 Å². The number of fused-ring (bicyclic) bond motifs is 3. The maximum atomic E-state index is 11.6. The molecule has 3 heterocycles. The van der Waals surface area contributed by atoms with Crippen LogP contribution in [0.3, 0.4) is 0 Å². The number of nitrogens with one attached hydrogen (secondary N) is 1. The van der Waals surface area contributed by atoms with Crippen molar-refractivity contribution in [2.45, 2.75) is 18.9 Å². The molecule has 1 aliphatic rings. The lowest BCUT2D eigenvalue weighted by molar-refractivity contribution is -0.139. The molecule has 0 bridgehead atoms. The van der Waals surface area contributed by atoms with Crippen molar-refractivity contribution >= 4 is 51.0 Å². The Morgan fingerprint density at radius 2 is 2.43 bits per heavy atom. The molecular weight excluding hydrogens is 304 g/mol. The van der Waals surface area contributed by atoms with Crippen LogP contribution in [0.15, 0.2) is 17.2 Å². The zero-order valence-corrected chi connectivity index (χ0v) is 13.6. The number of aromatic nitrogens is 1. The molecule has 0 aliphatic carbocycles. The highest BCUT2D eigenvalue weighted by Crippen LogP contribution is 2.39. The normalized spacial score (nSPS) is 13.0. The second kappa shape index (κ2) is 6.07. The highest BCUT2D eigenvalue weighted by atomic mass is 32.2. The van der Waals surface area contributed by atoms with Crippen molar-refractivity contribution in [3.63, 3.8) is 0 Å². The van der Waals surface area contributed by atoms with E-state index in [-0.39, 0.29) is 11.7 Å². The van der Waals surface area contributed by atoms with Gasteiger partial charge in [-0.3, -0.25) is 4.79 Å². The summed E-state index contributed by atoms with van der Waals surface area (Å²) in [6, 6.07) is 2.16. The number of esters is 1. The lowest BCUT2D eigenvalue weighted by atomic mass is 10.1. The highest BCUT2D eigenvalue weighted by molar-refractivity contribution is 8.00. The largest absolute Gasteiger partial charge is 0.465 e. The summed E-state index contributed by atoms with van der Waals surface area (Å²) in [6.45, 7) is 5.14. The second-order valence-corrected chi connectivity index (χ2v) is 6.86. The van der Waals surface area contributed by atoms with Crippen LogP contribution in [0.2, 0.25) is 0 Å². The average Bonchev–Trinajstić information content (AvgIpc) is 2.85. The molecule has 110 valence electrons. The van der Waals surface area contributed by atoms with Gasteiger partial charge in [0, 0.05) is 22.4 Å². The molecule has 0 atom stereocenters. The first-order chi connectivity index (χ1) is 10.2. The van der Waals surface area contributed by atoms with Gasteiger partial charge in [0.1, 0.15) is 9.86 Å². The number of ether oxygens (including phenoxy) is 1. The van der Waals surface area contributed by atoms with Crippen molar-refractivity contribution in [1.29, 1.82) is 0 Å². The number of thioether (sulfide) groups is 1. The van der Waals surface area contributed by atoms with Gasteiger partial charge in [0.2, 0.25) is 0 Å². The van der Waals surface area contributed by atoms with Crippen LogP contribution < -0.4 is 5.32 Å². The van der Waals surface area contributed by atoms with Crippen LogP contribution in [0.1, 0.15) is 17.4 Å². The summed E-state index contributed by atoms with van der Waals surface area (Å²) >= 11 is 3.12. The minimum absolute atomic E-state index is 0.201. The number of carbonyl (C=O) groups excluding carboxylic acids is 1. The first kappa shape index (κ1) is 14.4. The number of nitrogens with zero attached hydrogens (tertiary/aromatic N) is 1. The molecule has 0 aromatic carbocycles. The molecule has 2 aromatic heterocycles. The number of anilines is 1. The van der Waals surface area contributed by atoms with Gasteiger partial charge < -0.3 is 10.1 Å². The molecule has 0 radical (unpaired) electrons. The van der Waals surface area contributed by atoms with Crippen LogP contribution >= 0.6 is 23.1 Å². The van der Waals surface area contributed by atoms with Crippen molar-refractivity contribution in [2.75, 3.05) is 24.2 Å². The molecule has 0 amide bonds. The van der Waals surface area contributed by atoms with Gasteiger partial charge in [0.25, 0.3) is 0 Å². The zero-order chi connectivity index (χ0) is 14.8. The molecule has 1 N–H and O–H groups in total. The van der Waals surface area contributed by atoms with E-state index in [1.54, 1.807) is 11.3 Å². The fourth-order valence-electron chi connectivity index (χ4n) is 2.29. The fraction of sp³-hybridized carbons (Fsp3) is 0.333. The number of hydrogen-bond acceptors (Lipinski definition) is 6. The molecular formula is C15H16N2O2S2. The van der Waals surface area contributed by atoms with Crippen molar-refractivity contribution in [3.05, 3.63) is 22.6 Å². The molecule has 0 fully saturated rings. The first-order valence-corrected chi connectivity index (χ1v) is 8.62. The van der Waals surface area contributed by atoms with Gasteiger partial charge in [-0.15, -0.1) is 11.3 Å². The molecule has 0 unspecified atom stereocenters. The van der Waals surface area contributed by atoms with Crippen LogP contribution in [0.4, 0.5) is 5.69 Å². The third kappa shape index (κ3) is 2.91. The smallest absolute Gasteiger partial charge is 0.316 e. The van der Waals surface area contributed by atoms with Gasteiger partial charge in [0.05, 0.1) is 18.0 Å². The van der Waals surface area contributed by atoms with E-state index in [0.717, 1.165) is 33.0 Å². The van der Waals surface area contributed by atoms with E-state index in [1.807, 2.05) is 6.92 Å². The zero-order valence-electron chi connectivity index (χ0n) is 11.9. The Balaban J connectivity index is 1.98. The monoisotopic (exact) mass is 320 g/mol. The van der Waals surface area contributed by atoms with E-state index in [4.69, 9.17) is 9.72 Å². The van der Waals surface area contributed by atoms with Crippen LogP contribution in [0.25, 0.3) is 16.3 Å². The topological polar surface area (TPSA) is 51.2 Å². The lowest BCUT2D eigenvalue weighted by Gasteiger charge is -2.16. The summed E-state index contributed by atoms with van der Waals surface area (Å²) in [5, 5.41) is 5.47. The van der Waals surface area contributed by atoms with E-state index >= 15 is 0 Å². The quantitative estimate of drug-likeness (QED) is 0.687. The predicted octanol–water partition coefficient (Wildman–Crippen LogP) is 3.70. The van der Waals surface area contributed by atoms with E-state index in [2.05, 4.69) is 30.5 Å². The van der Waals surface area contributed by atoms with Crippen molar-refractivity contribution < 1.29 is 9.53 Å². The molecule has 3 rings (SSSR count). The predicted molar refractivity (Wildman–Crippen MR) is 89.2 cm³/mol. The Bertz CT molecular complexity index is 722. The first-order valence-electron chi connectivity index (χ1n) is 6.82. The molecule has 4 nitrogen and oxygen atoms in total. The number of pyridine rings is 1. The highest BCUT2D eigenvalue weighted by Gasteiger charge is 2.18. The Morgan fingerprint density at radius 3 is 3.24 bits per heavy atom. The number of rotatable bonds is 4. The van der Waals surface area contributed by atoms with Crippen molar-refractivity contribution in [3.8, 4) is 0 Å². The van der Waals surface area contributed by atoms with Gasteiger partial charge in [-0.1, -0.05) is 23.9 Å². The summed E-state index contributed by atoms with van der Waals surface area (Å²) < 4.78 is 4.98. The SMILES string of the molecule is CCOC(=O)CSc1nc2sc(C)cc2c2c1C=CCN2. The summed E-state index contributed by atoms with van der Waals surface area (Å²) in [5.74, 6) is 0.0880. The number of carbonyl (C=O) groups is 1. The molecule has 0 saturated carbocycles. The second-order valence-electron chi connectivity index (χ2n) is 4.66. The standard InChI is InChI=1S/C15H16N2O2S2/c1-3-19-12(18)8-20-14-10-5-4-6-16-13(10)11-7-9(2)21-15(11)17-14/h4-5,7,16H,3,6,8H2,1-2H3. The third-order valence-electron chi connectivity index (χ3n) is 3.12. The molecule has 2 aromatic rings. The number of hydrogen-bond donors (Lipinski definition) is 1.